The van der Waals surface area contributed by atoms with E-state index in [1.54, 1.807) is 41.2 Å². The van der Waals surface area contributed by atoms with Gasteiger partial charge in [-0.2, -0.15) is 9.61 Å². The van der Waals surface area contributed by atoms with Gasteiger partial charge in [0.05, 0.1) is 5.69 Å². The summed E-state index contributed by atoms with van der Waals surface area (Å²) in [5, 5.41) is 16.6. The van der Waals surface area contributed by atoms with Crippen molar-refractivity contribution in [3.63, 3.8) is 0 Å². The molecule has 8 heteroatoms. The van der Waals surface area contributed by atoms with Crippen molar-refractivity contribution in [2.24, 2.45) is 0 Å². The largest absolute Gasteiger partial charge is 0.322 e. The first-order valence-corrected chi connectivity index (χ1v) is 9.85. The lowest BCUT2D eigenvalue weighted by Gasteiger charge is -2.08. The van der Waals surface area contributed by atoms with Crippen molar-refractivity contribution < 1.29 is 4.79 Å². The van der Waals surface area contributed by atoms with E-state index in [2.05, 4.69) is 20.5 Å². The van der Waals surface area contributed by atoms with E-state index in [4.69, 9.17) is 16.7 Å². The molecule has 0 bridgehead atoms. The van der Waals surface area contributed by atoms with Crippen LogP contribution in [0.4, 0.5) is 5.69 Å². The first-order chi connectivity index (χ1) is 15.2. The maximum absolute atomic E-state index is 12.5. The predicted molar refractivity (Wildman–Crippen MR) is 119 cm³/mol. The van der Waals surface area contributed by atoms with Crippen LogP contribution in [0, 0.1) is 0 Å². The third-order valence-electron chi connectivity index (χ3n) is 4.72. The Hall–Kier alpha value is -4.10. The number of anilines is 1. The SMILES string of the molecule is O=C(Nc1cccc(-c2ccc3nnc(-c4ccncc4)n3n2)c1)c1ccc(Cl)cc1. The molecule has 5 rings (SSSR count). The van der Waals surface area contributed by atoms with E-state index in [0.29, 0.717) is 27.7 Å². The fourth-order valence-electron chi connectivity index (χ4n) is 3.18. The highest BCUT2D eigenvalue weighted by molar-refractivity contribution is 6.30. The quantitative estimate of drug-likeness (QED) is 0.448. The number of nitrogens with zero attached hydrogens (tertiary/aromatic N) is 5. The summed E-state index contributed by atoms with van der Waals surface area (Å²) in [6, 6.07) is 21.7. The van der Waals surface area contributed by atoms with Crippen LogP contribution >= 0.6 is 11.6 Å². The lowest BCUT2D eigenvalue weighted by atomic mass is 10.1. The van der Waals surface area contributed by atoms with E-state index in [1.165, 1.54) is 0 Å². The predicted octanol–water partition coefficient (Wildman–Crippen LogP) is 4.76. The summed E-state index contributed by atoms with van der Waals surface area (Å²) in [6.45, 7) is 0. The number of carbonyl (C=O) groups is 1. The van der Waals surface area contributed by atoms with Crippen LogP contribution < -0.4 is 5.32 Å². The molecule has 31 heavy (non-hydrogen) atoms. The van der Waals surface area contributed by atoms with Gasteiger partial charge in [-0.3, -0.25) is 9.78 Å². The van der Waals surface area contributed by atoms with Gasteiger partial charge < -0.3 is 5.32 Å². The molecule has 0 aliphatic heterocycles. The number of rotatable bonds is 4. The van der Waals surface area contributed by atoms with Crippen LogP contribution in [0.25, 0.3) is 28.3 Å². The number of carbonyl (C=O) groups excluding carboxylic acids is 1. The van der Waals surface area contributed by atoms with Gasteiger partial charge in [-0.15, -0.1) is 10.2 Å². The molecule has 0 saturated heterocycles. The fourth-order valence-corrected chi connectivity index (χ4v) is 3.31. The highest BCUT2D eigenvalue weighted by atomic mass is 35.5. The van der Waals surface area contributed by atoms with Crippen molar-refractivity contribution in [3.8, 4) is 22.6 Å². The van der Waals surface area contributed by atoms with Gasteiger partial charge in [0, 0.05) is 39.8 Å². The number of hydrogen-bond acceptors (Lipinski definition) is 5. The minimum Gasteiger partial charge on any atom is -0.322 e. The lowest BCUT2D eigenvalue weighted by Crippen LogP contribution is -2.11. The van der Waals surface area contributed by atoms with Gasteiger partial charge in [-0.1, -0.05) is 23.7 Å². The van der Waals surface area contributed by atoms with Gasteiger partial charge in [-0.25, -0.2) is 0 Å². The number of nitrogens with one attached hydrogen (secondary N) is 1. The Kier molecular flexibility index (Phi) is 4.86. The first kappa shape index (κ1) is 18.9. The number of amides is 1. The van der Waals surface area contributed by atoms with Gasteiger partial charge in [0.25, 0.3) is 5.91 Å². The van der Waals surface area contributed by atoms with Crippen LogP contribution in [-0.4, -0.2) is 30.7 Å². The number of hydrogen-bond donors (Lipinski definition) is 1. The van der Waals surface area contributed by atoms with Gasteiger partial charge >= 0.3 is 0 Å². The number of halogens is 1. The van der Waals surface area contributed by atoms with Crippen LogP contribution in [-0.2, 0) is 0 Å². The topological polar surface area (TPSA) is 85.1 Å². The molecule has 7 nitrogen and oxygen atoms in total. The number of benzene rings is 2. The second-order valence-corrected chi connectivity index (χ2v) is 7.23. The minimum absolute atomic E-state index is 0.212. The van der Waals surface area contributed by atoms with Crippen molar-refractivity contribution in [1.82, 2.24) is 24.8 Å². The zero-order valence-corrected chi connectivity index (χ0v) is 16.9. The summed E-state index contributed by atoms with van der Waals surface area (Å²) in [5.41, 5.74) is 4.28. The van der Waals surface area contributed by atoms with E-state index >= 15 is 0 Å². The Bertz CT molecular complexity index is 1380. The third-order valence-corrected chi connectivity index (χ3v) is 4.98. The molecule has 0 saturated carbocycles. The Balaban J connectivity index is 1.46. The summed E-state index contributed by atoms with van der Waals surface area (Å²) in [5.74, 6) is 0.419. The zero-order chi connectivity index (χ0) is 21.2. The smallest absolute Gasteiger partial charge is 0.255 e. The molecule has 0 fully saturated rings. The van der Waals surface area contributed by atoms with E-state index in [9.17, 15) is 4.79 Å². The van der Waals surface area contributed by atoms with Crippen molar-refractivity contribution in [1.29, 1.82) is 0 Å². The fraction of sp³-hybridized carbons (Fsp3) is 0. The standard InChI is InChI=1S/C23H15ClN6O/c24-18-6-4-16(5-7-18)23(31)26-19-3-1-2-17(14-19)20-8-9-21-27-28-22(30(21)29-20)15-10-12-25-13-11-15/h1-14H,(H,26,31). The Morgan fingerprint density at radius 1 is 0.871 bits per heavy atom. The van der Waals surface area contributed by atoms with Crippen LogP contribution in [0.5, 0.6) is 0 Å². The van der Waals surface area contributed by atoms with Crippen LogP contribution in [0.2, 0.25) is 5.02 Å². The highest BCUT2D eigenvalue weighted by Crippen LogP contribution is 2.23. The highest BCUT2D eigenvalue weighted by Gasteiger charge is 2.12. The summed E-state index contributed by atoms with van der Waals surface area (Å²) < 4.78 is 1.70. The normalized spacial score (nSPS) is 10.9. The second-order valence-electron chi connectivity index (χ2n) is 6.79. The van der Waals surface area contributed by atoms with E-state index in [1.807, 2.05) is 48.5 Å². The maximum atomic E-state index is 12.5. The molecular weight excluding hydrogens is 412 g/mol. The first-order valence-electron chi connectivity index (χ1n) is 9.47. The van der Waals surface area contributed by atoms with E-state index < -0.39 is 0 Å². The van der Waals surface area contributed by atoms with Gasteiger partial charge in [-0.05, 0) is 60.7 Å². The lowest BCUT2D eigenvalue weighted by molar-refractivity contribution is 0.102. The molecule has 0 atom stereocenters. The minimum atomic E-state index is -0.212. The second kappa shape index (κ2) is 7.97. The monoisotopic (exact) mass is 426 g/mol. The molecule has 3 aromatic heterocycles. The molecule has 0 spiro atoms. The Morgan fingerprint density at radius 2 is 1.68 bits per heavy atom. The Morgan fingerprint density at radius 3 is 2.48 bits per heavy atom. The molecule has 0 aliphatic rings. The van der Waals surface area contributed by atoms with Gasteiger partial charge in [0.2, 0.25) is 0 Å². The molecule has 0 unspecified atom stereocenters. The van der Waals surface area contributed by atoms with Crippen molar-refractivity contribution in [3.05, 3.63) is 95.8 Å². The number of fused-ring (bicyclic) bond motifs is 1. The molecule has 0 radical (unpaired) electrons. The third kappa shape index (κ3) is 3.86. The summed E-state index contributed by atoms with van der Waals surface area (Å²) in [7, 11) is 0. The molecule has 1 amide bonds. The molecule has 3 heterocycles. The molecule has 150 valence electrons. The molecule has 1 N–H and O–H groups in total. The van der Waals surface area contributed by atoms with Crippen LogP contribution in [0.1, 0.15) is 10.4 Å². The van der Waals surface area contributed by atoms with Gasteiger partial charge in [0.15, 0.2) is 11.5 Å². The zero-order valence-electron chi connectivity index (χ0n) is 16.1. The van der Waals surface area contributed by atoms with E-state index in [-0.39, 0.29) is 5.91 Å². The molecule has 0 aliphatic carbocycles. The molecule has 5 aromatic rings. The van der Waals surface area contributed by atoms with Gasteiger partial charge in [0.1, 0.15) is 0 Å². The van der Waals surface area contributed by atoms with Crippen molar-refractivity contribution >= 4 is 28.8 Å². The average Bonchev–Trinajstić information content (AvgIpc) is 3.23. The van der Waals surface area contributed by atoms with Crippen molar-refractivity contribution in [2.45, 2.75) is 0 Å². The van der Waals surface area contributed by atoms with Crippen LogP contribution in [0.15, 0.2) is 85.2 Å². The van der Waals surface area contributed by atoms with Crippen molar-refractivity contribution in [2.75, 3.05) is 5.32 Å². The Labute approximate surface area is 182 Å². The maximum Gasteiger partial charge on any atom is 0.255 e. The average molecular weight is 427 g/mol. The molecular formula is C23H15ClN6O. The van der Waals surface area contributed by atoms with Crippen LogP contribution in [0.3, 0.4) is 0 Å². The van der Waals surface area contributed by atoms with E-state index in [0.717, 1.165) is 16.8 Å². The summed E-state index contributed by atoms with van der Waals surface area (Å²) >= 11 is 5.90. The molecule has 2 aromatic carbocycles. The summed E-state index contributed by atoms with van der Waals surface area (Å²) in [4.78, 5) is 16.6. The summed E-state index contributed by atoms with van der Waals surface area (Å²) in [6.07, 6.45) is 3.40. The number of pyridine rings is 1. The number of aromatic nitrogens is 5.